The van der Waals surface area contributed by atoms with Crippen molar-refractivity contribution in [2.75, 3.05) is 12.9 Å². The lowest BCUT2D eigenvalue weighted by Crippen LogP contribution is -2.05. The molecule has 0 radical (unpaired) electrons. The van der Waals surface area contributed by atoms with Gasteiger partial charge in [-0.15, -0.1) is 11.8 Å². The molecule has 1 aromatic carbocycles. The van der Waals surface area contributed by atoms with Crippen molar-refractivity contribution in [1.29, 1.82) is 0 Å². The van der Waals surface area contributed by atoms with Crippen molar-refractivity contribution in [3.8, 4) is 0 Å². The van der Waals surface area contributed by atoms with Gasteiger partial charge in [-0.1, -0.05) is 6.07 Å². The summed E-state index contributed by atoms with van der Waals surface area (Å²) in [4.78, 5) is 12.4. The molecule has 3 nitrogen and oxygen atoms in total. The Morgan fingerprint density at radius 2 is 2.33 bits per heavy atom. The second kappa shape index (κ2) is 3.87. The van der Waals surface area contributed by atoms with Crippen LogP contribution in [0.25, 0.3) is 0 Å². The van der Waals surface area contributed by atoms with Gasteiger partial charge in [-0.05, 0) is 24.1 Å². The Morgan fingerprint density at radius 1 is 1.60 bits per heavy atom. The molecule has 80 valence electrons. The number of methoxy groups -OCH3 is 1. The maximum atomic E-state index is 11.4. The molecular weight excluding hydrogens is 212 g/mol. The van der Waals surface area contributed by atoms with Gasteiger partial charge in [0.1, 0.15) is 0 Å². The summed E-state index contributed by atoms with van der Waals surface area (Å²) >= 11 is 1.59. The van der Waals surface area contributed by atoms with Crippen LogP contribution in [0.15, 0.2) is 17.0 Å². The zero-order valence-electron chi connectivity index (χ0n) is 8.61. The molecule has 1 atom stereocenters. The fourth-order valence-corrected chi connectivity index (χ4v) is 2.95. The predicted molar refractivity (Wildman–Crippen MR) is 58.2 cm³/mol. The molecule has 0 spiro atoms. The summed E-state index contributed by atoms with van der Waals surface area (Å²) in [6.07, 6.45) is -0.407. The molecule has 15 heavy (non-hydrogen) atoms. The number of thioether (sulfide) groups is 1. The van der Waals surface area contributed by atoms with Crippen LogP contribution in [-0.2, 0) is 4.74 Å². The van der Waals surface area contributed by atoms with Crippen molar-refractivity contribution in [3.63, 3.8) is 0 Å². The first-order valence-corrected chi connectivity index (χ1v) is 5.66. The van der Waals surface area contributed by atoms with Crippen LogP contribution in [0.4, 0.5) is 0 Å². The average molecular weight is 224 g/mol. The van der Waals surface area contributed by atoms with Crippen molar-refractivity contribution < 1.29 is 14.6 Å². The number of fused-ring (bicyclic) bond motifs is 1. The molecule has 0 saturated heterocycles. The SMILES string of the molecule is COC(=O)c1ccc2c(c1C)SC[C@H]2O. The lowest BCUT2D eigenvalue weighted by molar-refractivity contribution is 0.0599. The molecule has 1 N–H and O–H groups in total. The van der Waals surface area contributed by atoms with E-state index in [1.807, 2.05) is 6.92 Å². The van der Waals surface area contributed by atoms with E-state index in [2.05, 4.69) is 0 Å². The van der Waals surface area contributed by atoms with Gasteiger partial charge in [-0.2, -0.15) is 0 Å². The first kappa shape index (κ1) is 10.5. The summed E-state index contributed by atoms with van der Waals surface area (Å²) in [5, 5.41) is 9.66. The molecular formula is C11H12O3S. The van der Waals surface area contributed by atoms with Gasteiger partial charge >= 0.3 is 5.97 Å². The molecule has 0 bridgehead atoms. The summed E-state index contributed by atoms with van der Waals surface area (Å²) in [5.41, 5.74) is 2.41. The predicted octanol–water partition coefficient (Wildman–Crippen LogP) is 1.92. The summed E-state index contributed by atoms with van der Waals surface area (Å²) in [5.74, 6) is 0.346. The maximum absolute atomic E-state index is 11.4. The molecule has 0 fully saturated rings. The first-order valence-electron chi connectivity index (χ1n) is 4.68. The van der Waals surface area contributed by atoms with Crippen LogP contribution in [-0.4, -0.2) is 23.9 Å². The number of benzene rings is 1. The smallest absolute Gasteiger partial charge is 0.338 e. The number of hydrogen-bond acceptors (Lipinski definition) is 4. The van der Waals surface area contributed by atoms with Crippen molar-refractivity contribution in [2.45, 2.75) is 17.9 Å². The quantitative estimate of drug-likeness (QED) is 0.740. The van der Waals surface area contributed by atoms with Gasteiger partial charge < -0.3 is 9.84 Å². The van der Waals surface area contributed by atoms with Crippen molar-refractivity contribution in [2.24, 2.45) is 0 Å². The Balaban J connectivity index is 2.51. The van der Waals surface area contributed by atoms with Crippen LogP contribution < -0.4 is 0 Å². The van der Waals surface area contributed by atoms with Crippen LogP contribution in [0.5, 0.6) is 0 Å². The van der Waals surface area contributed by atoms with Crippen LogP contribution in [0, 0.1) is 6.92 Å². The fraction of sp³-hybridized carbons (Fsp3) is 0.364. The van der Waals surface area contributed by atoms with E-state index < -0.39 is 6.10 Å². The molecule has 1 aromatic rings. The zero-order valence-corrected chi connectivity index (χ0v) is 9.43. The Hall–Kier alpha value is -1.00. The van der Waals surface area contributed by atoms with Crippen molar-refractivity contribution >= 4 is 17.7 Å². The Bertz CT molecular complexity index is 415. The summed E-state index contributed by atoms with van der Waals surface area (Å²) in [6, 6.07) is 3.52. The molecule has 1 aliphatic heterocycles. The standard InChI is InChI=1S/C11H12O3S/c1-6-7(11(13)14-2)3-4-8-9(12)5-15-10(6)8/h3-4,9,12H,5H2,1-2H3/t9-/m1/s1. The maximum Gasteiger partial charge on any atom is 0.338 e. The van der Waals surface area contributed by atoms with E-state index in [9.17, 15) is 9.90 Å². The molecule has 0 unspecified atom stereocenters. The Morgan fingerprint density at radius 3 is 3.00 bits per heavy atom. The molecule has 1 heterocycles. The van der Waals surface area contributed by atoms with Gasteiger partial charge in [0, 0.05) is 10.6 Å². The number of aliphatic hydroxyl groups excluding tert-OH is 1. The van der Waals surface area contributed by atoms with E-state index in [0.717, 1.165) is 16.0 Å². The normalized spacial score (nSPS) is 18.7. The molecule has 0 saturated carbocycles. The lowest BCUT2D eigenvalue weighted by atomic mass is 10.0. The zero-order chi connectivity index (χ0) is 11.0. The summed E-state index contributed by atoms with van der Waals surface area (Å²) in [7, 11) is 1.37. The third kappa shape index (κ3) is 1.64. The number of hydrogen-bond donors (Lipinski definition) is 1. The van der Waals surface area contributed by atoms with E-state index >= 15 is 0 Å². The number of ether oxygens (including phenoxy) is 1. The lowest BCUT2D eigenvalue weighted by Gasteiger charge is -2.09. The minimum absolute atomic E-state index is 0.322. The van der Waals surface area contributed by atoms with Gasteiger partial charge in [0.05, 0.1) is 18.8 Å². The highest BCUT2D eigenvalue weighted by Crippen LogP contribution is 2.41. The van der Waals surface area contributed by atoms with Gasteiger partial charge in [0.2, 0.25) is 0 Å². The fourth-order valence-electron chi connectivity index (χ4n) is 1.75. The minimum atomic E-state index is -0.407. The molecule has 1 aliphatic rings. The van der Waals surface area contributed by atoms with Crippen LogP contribution in [0.3, 0.4) is 0 Å². The van der Waals surface area contributed by atoms with E-state index in [4.69, 9.17) is 4.74 Å². The number of carbonyl (C=O) groups is 1. The largest absolute Gasteiger partial charge is 0.465 e. The molecule has 2 rings (SSSR count). The minimum Gasteiger partial charge on any atom is -0.465 e. The monoisotopic (exact) mass is 224 g/mol. The Kier molecular flexibility index (Phi) is 2.71. The summed E-state index contributed by atoms with van der Waals surface area (Å²) in [6.45, 7) is 1.89. The van der Waals surface area contributed by atoms with E-state index in [1.54, 1.807) is 23.9 Å². The third-order valence-corrected chi connectivity index (χ3v) is 3.90. The molecule has 0 aromatic heterocycles. The highest BCUT2D eigenvalue weighted by Gasteiger charge is 2.25. The van der Waals surface area contributed by atoms with Gasteiger partial charge in [0.25, 0.3) is 0 Å². The van der Waals surface area contributed by atoms with Crippen LogP contribution in [0.1, 0.15) is 27.6 Å². The third-order valence-electron chi connectivity index (χ3n) is 2.59. The van der Waals surface area contributed by atoms with Crippen LogP contribution >= 0.6 is 11.8 Å². The van der Waals surface area contributed by atoms with Gasteiger partial charge in [0.15, 0.2) is 0 Å². The number of carbonyl (C=O) groups excluding carboxylic acids is 1. The van der Waals surface area contributed by atoms with Gasteiger partial charge in [-0.3, -0.25) is 0 Å². The average Bonchev–Trinajstić information content (AvgIpc) is 2.61. The molecule has 4 heteroatoms. The van der Waals surface area contributed by atoms with Crippen LogP contribution in [0.2, 0.25) is 0 Å². The summed E-state index contributed by atoms with van der Waals surface area (Å²) < 4.78 is 4.69. The van der Waals surface area contributed by atoms with Crippen molar-refractivity contribution in [3.05, 3.63) is 28.8 Å². The van der Waals surface area contributed by atoms with Gasteiger partial charge in [-0.25, -0.2) is 4.79 Å². The molecule has 0 amide bonds. The highest BCUT2D eigenvalue weighted by atomic mass is 32.2. The second-order valence-electron chi connectivity index (χ2n) is 3.47. The van der Waals surface area contributed by atoms with E-state index in [1.165, 1.54) is 7.11 Å². The second-order valence-corrected chi connectivity index (χ2v) is 4.51. The van der Waals surface area contributed by atoms with E-state index in [0.29, 0.717) is 11.3 Å². The number of esters is 1. The number of aliphatic hydroxyl groups is 1. The topological polar surface area (TPSA) is 46.5 Å². The first-order chi connectivity index (χ1) is 7.15. The van der Waals surface area contributed by atoms with E-state index in [-0.39, 0.29) is 5.97 Å². The number of rotatable bonds is 1. The Labute approximate surface area is 92.4 Å². The highest BCUT2D eigenvalue weighted by molar-refractivity contribution is 7.99. The molecule has 0 aliphatic carbocycles. The van der Waals surface area contributed by atoms with Crippen molar-refractivity contribution in [1.82, 2.24) is 0 Å².